The molecule has 10 nitrogen and oxygen atoms in total. The molecule has 4 rings (SSSR count). The monoisotopic (exact) mass is 622 g/mol. The maximum atomic E-state index is 15.1. The van der Waals surface area contributed by atoms with Crippen molar-refractivity contribution in [1.29, 1.82) is 5.26 Å². The summed E-state index contributed by atoms with van der Waals surface area (Å²) in [6, 6.07) is 8.68. The number of ether oxygens (including phenoxy) is 2. The van der Waals surface area contributed by atoms with E-state index in [0.29, 0.717) is 11.6 Å². The minimum atomic E-state index is -5.22. The lowest BCUT2D eigenvalue weighted by atomic mass is 9.90. The van der Waals surface area contributed by atoms with E-state index < -0.39 is 42.4 Å². The van der Waals surface area contributed by atoms with Gasteiger partial charge in [0.1, 0.15) is 35.7 Å². The van der Waals surface area contributed by atoms with Crippen LogP contribution in [0.25, 0.3) is 6.08 Å². The molecule has 0 aliphatic carbocycles. The van der Waals surface area contributed by atoms with E-state index in [1.807, 2.05) is 6.07 Å². The number of aromatic nitrogens is 3. The molecule has 1 aliphatic heterocycles. The maximum absolute atomic E-state index is 15.1. The van der Waals surface area contributed by atoms with Crippen molar-refractivity contribution < 1.29 is 41.5 Å². The zero-order chi connectivity index (χ0) is 30.3. The number of thioether (sulfide) groups is 1. The molecule has 2 N–H and O–H groups in total. The Morgan fingerprint density at radius 3 is 2.60 bits per heavy atom. The van der Waals surface area contributed by atoms with Crippen molar-refractivity contribution in [2.24, 2.45) is 0 Å². The summed E-state index contributed by atoms with van der Waals surface area (Å²) in [5, 5.41) is 11.6. The number of rotatable bonds is 11. The average molecular weight is 623 g/mol. The zero-order valence-electron chi connectivity index (χ0n) is 22.1. The first-order valence-electron chi connectivity index (χ1n) is 12.5. The smallest absolute Gasteiger partial charge is 0.348 e. The number of hydrogen-bond acceptors (Lipinski definition) is 8. The first-order chi connectivity index (χ1) is 20.0. The molecular formula is C27H26F3N4O6PS. The third kappa shape index (κ3) is 8.17. The lowest BCUT2D eigenvalue weighted by Crippen LogP contribution is -2.45. The molecule has 2 atom stereocenters. The Bertz CT molecular complexity index is 1520. The second-order valence-corrected chi connectivity index (χ2v) is 12.0. The van der Waals surface area contributed by atoms with Crippen molar-refractivity contribution in [3.05, 3.63) is 101 Å². The highest BCUT2D eigenvalue weighted by Crippen LogP contribution is 2.51. The number of nitrogens with zero attached hydrogens (tertiary/aromatic N) is 4. The van der Waals surface area contributed by atoms with Gasteiger partial charge in [-0.15, -0.1) is 11.8 Å². The highest BCUT2D eigenvalue weighted by atomic mass is 32.2. The molecule has 2 aromatic carbocycles. The summed E-state index contributed by atoms with van der Waals surface area (Å²) in [5.74, 6) is -2.44. The first kappa shape index (κ1) is 31.7. The SMILES string of the molecule is CC(SC1COC(/C=C/C=C/c2ccc(C#N)cc2F)OC1)C(Cn1cncn1)(OP(=O)(O)O)c1ccc(F)cc1F. The first-order valence-corrected chi connectivity index (χ1v) is 14.9. The number of benzene rings is 2. The predicted octanol–water partition coefficient (Wildman–Crippen LogP) is 4.70. The molecule has 1 fully saturated rings. The number of allylic oxidation sites excluding steroid dienone is 2. The molecule has 2 unspecified atom stereocenters. The molecular weight excluding hydrogens is 596 g/mol. The van der Waals surface area contributed by atoms with E-state index >= 15 is 4.39 Å². The Labute approximate surface area is 243 Å². The number of nitriles is 1. The summed E-state index contributed by atoms with van der Waals surface area (Å²) in [6.45, 7) is 1.58. The largest absolute Gasteiger partial charge is 0.470 e. The van der Waals surface area contributed by atoms with Crippen molar-refractivity contribution >= 4 is 25.7 Å². The van der Waals surface area contributed by atoms with Crippen molar-refractivity contribution in [3.8, 4) is 6.07 Å². The van der Waals surface area contributed by atoms with Gasteiger partial charge >= 0.3 is 7.82 Å². The van der Waals surface area contributed by atoms with E-state index in [9.17, 15) is 23.1 Å². The minimum Gasteiger partial charge on any atom is -0.348 e. The number of phosphoric ester groups is 1. The van der Waals surface area contributed by atoms with Gasteiger partial charge in [-0.05, 0) is 24.3 Å². The third-order valence-electron chi connectivity index (χ3n) is 6.26. The van der Waals surface area contributed by atoms with Crippen molar-refractivity contribution in [3.63, 3.8) is 0 Å². The van der Waals surface area contributed by atoms with Crippen LogP contribution in [-0.4, -0.2) is 54.6 Å². The molecule has 42 heavy (non-hydrogen) atoms. The van der Waals surface area contributed by atoms with Crippen molar-refractivity contribution in [2.45, 2.75) is 35.9 Å². The molecule has 2 heterocycles. The standard InChI is InChI=1S/C27H26F3N4O6PS/c1-18(27(40-41(35,36)37,15-34-17-32-16-33-34)23-9-8-21(28)11-25(23)30)42-22-13-38-26(39-14-22)5-3-2-4-20-7-6-19(12-31)10-24(20)29/h2-11,16-18,22,26H,13-15H2,1H3,(H2,35,36,37)/b4-2+,5-3+. The minimum absolute atomic E-state index is 0.166. The molecule has 1 aliphatic rings. The van der Waals surface area contributed by atoms with Crippen LogP contribution in [0, 0.1) is 28.8 Å². The summed E-state index contributed by atoms with van der Waals surface area (Å²) >= 11 is 1.19. The van der Waals surface area contributed by atoms with E-state index in [-0.39, 0.29) is 36.1 Å². The van der Waals surface area contributed by atoms with Crippen LogP contribution in [0.4, 0.5) is 13.2 Å². The molecule has 1 aromatic heterocycles. The zero-order valence-corrected chi connectivity index (χ0v) is 23.8. The van der Waals surface area contributed by atoms with E-state index in [4.69, 9.17) is 19.3 Å². The number of phosphoric acid groups is 1. The van der Waals surface area contributed by atoms with Gasteiger partial charge in [-0.2, -0.15) is 10.4 Å². The third-order valence-corrected chi connectivity index (χ3v) is 8.27. The van der Waals surface area contributed by atoms with E-state index in [2.05, 4.69) is 10.1 Å². The van der Waals surface area contributed by atoms with Gasteiger partial charge in [0.15, 0.2) is 6.29 Å². The highest BCUT2D eigenvalue weighted by Gasteiger charge is 2.48. The van der Waals surface area contributed by atoms with Gasteiger partial charge in [0.2, 0.25) is 0 Å². The van der Waals surface area contributed by atoms with Gasteiger partial charge in [-0.1, -0.05) is 37.3 Å². The summed E-state index contributed by atoms with van der Waals surface area (Å²) in [4.78, 5) is 23.5. The Balaban J connectivity index is 1.46. The van der Waals surface area contributed by atoms with E-state index in [0.717, 1.165) is 18.2 Å². The van der Waals surface area contributed by atoms with Gasteiger partial charge in [0, 0.05) is 22.4 Å². The van der Waals surface area contributed by atoms with Crippen LogP contribution in [0.3, 0.4) is 0 Å². The van der Waals surface area contributed by atoms with Gasteiger partial charge < -0.3 is 19.3 Å². The van der Waals surface area contributed by atoms with Crippen molar-refractivity contribution in [1.82, 2.24) is 14.8 Å². The second kappa shape index (κ2) is 13.8. The molecule has 0 spiro atoms. The molecule has 15 heteroatoms. The summed E-state index contributed by atoms with van der Waals surface area (Å²) in [5.41, 5.74) is -1.75. The quantitative estimate of drug-likeness (QED) is 0.228. The second-order valence-electron chi connectivity index (χ2n) is 9.22. The van der Waals surface area contributed by atoms with Crippen LogP contribution in [0.2, 0.25) is 0 Å². The predicted molar refractivity (Wildman–Crippen MR) is 147 cm³/mol. The van der Waals surface area contributed by atoms with Crippen molar-refractivity contribution in [2.75, 3.05) is 13.2 Å². The normalized spacial score (nSPS) is 20.0. The Morgan fingerprint density at radius 1 is 1.21 bits per heavy atom. The van der Waals surface area contributed by atoms with Crippen LogP contribution >= 0.6 is 19.6 Å². The molecule has 0 saturated carbocycles. The number of halogens is 3. The fourth-order valence-electron chi connectivity index (χ4n) is 4.32. The summed E-state index contributed by atoms with van der Waals surface area (Å²) in [6.07, 6.45) is 8.12. The van der Waals surface area contributed by atoms with Gasteiger partial charge in [-0.3, -0.25) is 4.52 Å². The average Bonchev–Trinajstić information content (AvgIpc) is 3.44. The van der Waals surface area contributed by atoms with Gasteiger partial charge in [0.25, 0.3) is 0 Å². The topological polar surface area (TPSA) is 140 Å². The molecule has 0 amide bonds. The van der Waals surface area contributed by atoms with Crippen LogP contribution in [0.5, 0.6) is 0 Å². The summed E-state index contributed by atoms with van der Waals surface area (Å²) < 4.78 is 73.1. The molecule has 222 valence electrons. The lowest BCUT2D eigenvalue weighted by Gasteiger charge is -2.40. The van der Waals surface area contributed by atoms with Crippen LogP contribution in [-0.2, 0) is 30.7 Å². The fourth-order valence-corrected chi connectivity index (χ4v) is 6.49. The summed E-state index contributed by atoms with van der Waals surface area (Å²) in [7, 11) is -5.22. The molecule has 0 bridgehead atoms. The van der Waals surface area contributed by atoms with Crippen LogP contribution in [0.15, 0.2) is 67.3 Å². The van der Waals surface area contributed by atoms with E-state index in [1.54, 1.807) is 25.2 Å². The molecule has 0 radical (unpaired) electrons. The Kier molecular flexibility index (Phi) is 10.4. The highest BCUT2D eigenvalue weighted by molar-refractivity contribution is 8.00. The Hall–Kier alpha value is -3.28. The van der Waals surface area contributed by atoms with Gasteiger partial charge in [0.05, 0.1) is 36.6 Å². The molecule has 1 saturated heterocycles. The van der Waals surface area contributed by atoms with Gasteiger partial charge in [-0.25, -0.2) is 27.4 Å². The van der Waals surface area contributed by atoms with E-state index in [1.165, 1.54) is 47.3 Å². The maximum Gasteiger partial charge on any atom is 0.470 e. The Morgan fingerprint density at radius 2 is 1.98 bits per heavy atom. The fraction of sp³-hybridized carbons (Fsp3) is 0.296. The van der Waals surface area contributed by atoms with Crippen LogP contribution < -0.4 is 0 Å². The molecule has 3 aromatic rings. The number of hydrogen-bond donors (Lipinski definition) is 2. The lowest BCUT2D eigenvalue weighted by molar-refractivity contribution is -0.146. The van der Waals surface area contributed by atoms with Crippen LogP contribution in [0.1, 0.15) is 23.6 Å².